The molecule has 1 heterocycles. The Balaban J connectivity index is 2.06. The van der Waals surface area contributed by atoms with E-state index in [0.29, 0.717) is 5.92 Å². The van der Waals surface area contributed by atoms with Crippen LogP contribution in [0.5, 0.6) is 0 Å². The lowest BCUT2D eigenvalue weighted by Crippen LogP contribution is -2.22. The number of nitrogens with zero attached hydrogens (tertiary/aromatic N) is 1. The molecule has 2 N–H and O–H groups in total. The van der Waals surface area contributed by atoms with Crippen LogP contribution in [0.3, 0.4) is 0 Å². The molecule has 1 saturated carbocycles. The smallest absolute Gasteiger partial charge is 0.101 e. The number of nitrogens with one attached hydrogen (secondary N) is 1. The Kier molecular flexibility index (Phi) is 1.96. The van der Waals surface area contributed by atoms with E-state index in [4.69, 9.17) is 0 Å². The first-order valence-electron chi connectivity index (χ1n) is 4.22. The van der Waals surface area contributed by atoms with E-state index in [-0.39, 0.29) is 6.10 Å². The Bertz CT molecular complexity index is 251. The van der Waals surface area contributed by atoms with Crippen molar-refractivity contribution in [2.24, 2.45) is 11.0 Å². The zero-order valence-corrected chi connectivity index (χ0v) is 6.77. The van der Waals surface area contributed by atoms with E-state index in [1.165, 1.54) is 0 Å². The highest BCUT2D eigenvalue weighted by Gasteiger charge is 2.32. The molecular formula is C9H12N2O. The van der Waals surface area contributed by atoms with Gasteiger partial charge in [0.25, 0.3) is 0 Å². The van der Waals surface area contributed by atoms with E-state index >= 15 is 0 Å². The average molecular weight is 164 g/mol. The maximum Gasteiger partial charge on any atom is 0.101 e. The van der Waals surface area contributed by atoms with Gasteiger partial charge >= 0.3 is 0 Å². The molecule has 3 nitrogen and oxygen atoms in total. The molecular weight excluding hydrogens is 152 g/mol. The first kappa shape index (κ1) is 7.55. The lowest BCUT2D eigenvalue weighted by atomic mass is 10.1. The Morgan fingerprint density at radius 2 is 2.33 bits per heavy atom. The van der Waals surface area contributed by atoms with Gasteiger partial charge in [0, 0.05) is 6.20 Å². The van der Waals surface area contributed by atoms with Gasteiger partial charge in [-0.1, -0.05) is 6.08 Å². The summed E-state index contributed by atoms with van der Waals surface area (Å²) in [6.07, 6.45) is 9.19. The van der Waals surface area contributed by atoms with Gasteiger partial charge in [-0.15, -0.1) is 0 Å². The summed E-state index contributed by atoms with van der Waals surface area (Å²) in [4.78, 5) is 0. The summed E-state index contributed by atoms with van der Waals surface area (Å²) in [6, 6.07) is 0. The van der Waals surface area contributed by atoms with Crippen LogP contribution in [0.1, 0.15) is 12.8 Å². The van der Waals surface area contributed by atoms with Gasteiger partial charge in [-0.3, -0.25) is 5.43 Å². The molecule has 12 heavy (non-hydrogen) atoms. The van der Waals surface area contributed by atoms with E-state index in [2.05, 4.69) is 10.5 Å². The molecule has 0 saturated heterocycles. The summed E-state index contributed by atoms with van der Waals surface area (Å²) < 4.78 is 0. The summed E-state index contributed by atoms with van der Waals surface area (Å²) in [5.74, 6) is 0.438. The fraction of sp³-hybridized carbons (Fsp3) is 0.444. The summed E-state index contributed by atoms with van der Waals surface area (Å²) >= 11 is 0. The first-order valence-corrected chi connectivity index (χ1v) is 4.22. The summed E-state index contributed by atoms with van der Waals surface area (Å²) in [5, 5.41) is 13.7. The van der Waals surface area contributed by atoms with Crippen molar-refractivity contribution in [1.82, 2.24) is 5.43 Å². The van der Waals surface area contributed by atoms with Crippen molar-refractivity contribution >= 4 is 5.71 Å². The molecule has 0 aromatic carbocycles. The van der Waals surface area contributed by atoms with E-state index in [0.717, 1.165) is 18.6 Å². The number of hydrogen-bond donors (Lipinski definition) is 2. The highest BCUT2D eigenvalue weighted by atomic mass is 16.3. The second-order valence-electron chi connectivity index (χ2n) is 3.17. The highest BCUT2D eigenvalue weighted by Crippen LogP contribution is 2.33. The molecule has 2 rings (SSSR count). The van der Waals surface area contributed by atoms with Gasteiger partial charge in [-0.05, 0) is 30.9 Å². The van der Waals surface area contributed by atoms with Gasteiger partial charge in [0.05, 0.1) is 5.71 Å². The fourth-order valence-corrected chi connectivity index (χ4v) is 1.22. The van der Waals surface area contributed by atoms with Crippen LogP contribution in [0.4, 0.5) is 0 Å². The van der Waals surface area contributed by atoms with Crippen LogP contribution >= 0.6 is 0 Å². The van der Waals surface area contributed by atoms with E-state index in [9.17, 15) is 5.11 Å². The fourth-order valence-electron chi connectivity index (χ4n) is 1.22. The topological polar surface area (TPSA) is 44.6 Å². The molecule has 0 aromatic rings. The van der Waals surface area contributed by atoms with Gasteiger partial charge < -0.3 is 5.11 Å². The van der Waals surface area contributed by atoms with Crippen LogP contribution in [-0.4, -0.2) is 16.9 Å². The van der Waals surface area contributed by atoms with Crippen molar-refractivity contribution in [3.63, 3.8) is 0 Å². The third kappa shape index (κ3) is 1.56. The summed E-state index contributed by atoms with van der Waals surface area (Å²) in [6.45, 7) is 0. The third-order valence-corrected chi connectivity index (χ3v) is 2.11. The predicted molar refractivity (Wildman–Crippen MR) is 47.6 cm³/mol. The number of hydrazone groups is 1. The molecule has 64 valence electrons. The monoisotopic (exact) mass is 164 g/mol. The van der Waals surface area contributed by atoms with Crippen LogP contribution in [0.2, 0.25) is 0 Å². The third-order valence-electron chi connectivity index (χ3n) is 2.11. The van der Waals surface area contributed by atoms with E-state index in [1.54, 1.807) is 6.20 Å². The molecule has 1 unspecified atom stereocenters. The number of aliphatic hydroxyl groups excluding tert-OH is 1. The minimum Gasteiger partial charge on any atom is -0.386 e. The Hall–Kier alpha value is -1.09. The number of hydrogen-bond acceptors (Lipinski definition) is 3. The van der Waals surface area contributed by atoms with Gasteiger partial charge in [-0.25, -0.2) is 0 Å². The minimum atomic E-state index is -0.381. The van der Waals surface area contributed by atoms with Crippen molar-refractivity contribution in [2.45, 2.75) is 18.9 Å². The SMILES string of the molecule is OC(C1=NNC=CC=C1)C1CC1. The van der Waals surface area contributed by atoms with Crippen molar-refractivity contribution < 1.29 is 5.11 Å². The van der Waals surface area contributed by atoms with Crippen molar-refractivity contribution in [2.75, 3.05) is 0 Å². The van der Waals surface area contributed by atoms with Crippen LogP contribution < -0.4 is 5.43 Å². The zero-order valence-electron chi connectivity index (χ0n) is 6.77. The minimum absolute atomic E-state index is 0.381. The average Bonchev–Trinajstić information content (AvgIpc) is 2.92. The second kappa shape index (κ2) is 3.11. The van der Waals surface area contributed by atoms with Gasteiger partial charge in [-0.2, -0.15) is 5.10 Å². The lowest BCUT2D eigenvalue weighted by Gasteiger charge is -2.07. The normalized spacial score (nSPS) is 24.2. The van der Waals surface area contributed by atoms with Gasteiger partial charge in [0.15, 0.2) is 0 Å². The number of rotatable bonds is 2. The molecule has 0 radical (unpaired) electrons. The standard InChI is InChI=1S/C9H12N2O/c12-9(7-4-5-7)8-3-1-2-6-10-11-8/h1-3,6-7,9-10,12H,4-5H2. The van der Waals surface area contributed by atoms with Crippen LogP contribution in [0.15, 0.2) is 29.5 Å². The van der Waals surface area contributed by atoms with Gasteiger partial charge in [0.2, 0.25) is 0 Å². The van der Waals surface area contributed by atoms with Crippen LogP contribution in [0.25, 0.3) is 0 Å². The molecule has 1 atom stereocenters. The number of aliphatic hydroxyl groups is 1. The Labute approximate surface area is 71.5 Å². The molecule has 3 heteroatoms. The molecule has 0 aromatic heterocycles. The van der Waals surface area contributed by atoms with Crippen LogP contribution in [0, 0.1) is 5.92 Å². The molecule has 0 amide bonds. The largest absolute Gasteiger partial charge is 0.386 e. The maximum atomic E-state index is 9.69. The zero-order chi connectivity index (χ0) is 8.39. The maximum absolute atomic E-state index is 9.69. The quantitative estimate of drug-likeness (QED) is 0.633. The van der Waals surface area contributed by atoms with Crippen molar-refractivity contribution in [3.05, 3.63) is 24.4 Å². The highest BCUT2D eigenvalue weighted by molar-refractivity contribution is 5.99. The van der Waals surface area contributed by atoms with E-state index < -0.39 is 0 Å². The van der Waals surface area contributed by atoms with Crippen LogP contribution in [-0.2, 0) is 0 Å². The lowest BCUT2D eigenvalue weighted by molar-refractivity contribution is 0.218. The van der Waals surface area contributed by atoms with Gasteiger partial charge in [0.1, 0.15) is 6.10 Å². The van der Waals surface area contributed by atoms with E-state index in [1.807, 2.05) is 18.2 Å². The summed E-state index contributed by atoms with van der Waals surface area (Å²) in [7, 11) is 0. The Morgan fingerprint density at radius 1 is 1.50 bits per heavy atom. The molecule has 1 aliphatic carbocycles. The molecule has 1 aliphatic heterocycles. The molecule has 2 aliphatic rings. The van der Waals surface area contributed by atoms with Crippen molar-refractivity contribution in [1.29, 1.82) is 0 Å². The molecule has 0 spiro atoms. The number of allylic oxidation sites excluding steroid dienone is 2. The molecule has 1 fully saturated rings. The summed E-state index contributed by atoms with van der Waals surface area (Å²) in [5.41, 5.74) is 3.48. The molecule has 0 bridgehead atoms. The Morgan fingerprint density at radius 3 is 3.08 bits per heavy atom. The second-order valence-corrected chi connectivity index (χ2v) is 3.17. The van der Waals surface area contributed by atoms with Crippen molar-refractivity contribution in [3.8, 4) is 0 Å². The predicted octanol–water partition coefficient (Wildman–Crippen LogP) is 0.786. The first-order chi connectivity index (χ1) is 5.88.